The van der Waals surface area contributed by atoms with Gasteiger partial charge in [0.2, 0.25) is 0 Å². The fourth-order valence-electron chi connectivity index (χ4n) is 2.49. The predicted octanol–water partition coefficient (Wildman–Crippen LogP) is 1.65. The smallest absolute Gasteiger partial charge is 0.272 e. The number of thiazole rings is 1. The van der Waals surface area contributed by atoms with Crippen LogP contribution in [0, 0.1) is 0 Å². The fraction of sp³-hybridized carbons (Fsp3) is 0.500. The highest BCUT2D eigenvalue weighted by atomic mass is 32.2. The molecule has 0 radical (unpaired) electrons. The Morgan fingerprint density at radius 1 is 1.59 bits per heavy atom. The maximum absolute atomic E-state index is 12.3. The molecule has 0 aliphatic carbocycles. The van der Waals surface area contributed by atoms with Crippen LogP contribution >= 0.6 is 23.1 Å². The Morgan fingerprint density at radius 2 is 2.45 bits per heavy atom. The van der Waals surface area contributed by atoms with Crippen LogP contribution in [0.4, 0.5) is 0 Å². The van der Waals surface area contributed by atoms with Crippen molar-refractivity contribution in [3.63, 3.8) is 0 Å². The van der Waals surface area contributed by atoms with Gasteiger partial charge in [0.25, 0.3) is 5.91 Å². The van der Waals surface area contributed by atoms with Gasteiger partial charge in [0.05, 0.1) is 12.2 Å². The van der Waals surface area contributed by atoms with Crippen LogP contribution < -0.4 is 5.32 Å². The van der Waals surface area contributed by atoms with Crippen molar-refractivity contribution in [2.45, 2.75) is 25.3 Å². The number of aromatic nitrogens is 3. The number of hydrogen-bond acceptors (Lipinski definition) is 6. The lowest BCUT2D eigenvalue weighted by atomic mass is 10.1. The topological polar surface area (TPSA) is 73.9 Å². The number of aromatic amines is 1. The lowest BCUT2D eigenvalue weighted by Gasteiger charge is -2.22. The van der Waals surface area contributed by atoms with Crippen LogP contribution in [0.5, 0.6) is 0 Å². The number of likely N-dealkylation sites (N-methyl/N-ethyl adjacent to an activating group) is 1. The zero-order valence-corrected chi connectivity index (χ0v) is 14.3. The number of fused-ring (bicyclic) bond motifs is 1. The van der Waals surface area contributed by atoms with Gasteiger partial charge in [0.1, 0.15) is 5.01 Å². The van der Waals surface area contributed by atoms with E-state index in [0.29, 0.717) is 12.2 Å². The van der Waals surface area contributed by atoms with E-state index in [4.69, 9.17) is 0 Å². The lowest BCUT2D eigenvalue weighted by molar-refractivity contribution is 0.0943. The van der Waals surface area contributed by atoms with Crippen LogP contribution in [-0.4, -0.2) is 45.8 Å². The number of carbonyl (C=O) groups is 1. The monoisotopic (exact) mass is 337 g/mol. The van der Waals surface area contributed by atoms with Crippen molar-refractivity contribution in [2.24, 2.45) is 0 Å². The van der Waals surface area contributed by atoms with Gasteiger partial charge in [-0.05, 0) is 13.3 Å². The summed E-state index contributed by atoms with van der Waals surface area (Å²) in [6.45, 7) is 2.21. The van der Waals surface area contributed by atoms with Crippen molar-refractivity contribution in [2.75, 3.05) is 19.8 Å². The Bertz CT molecular complexity index is 666. The lowest BCUT2D eigenvalue weighted by Crippen LogP contribution is -2.29. The van der Waals surface area contributed by atoms with Crippen molar-refractivity contribution in [3.05, 3.63) is 33.0 Å². The third-order valence-corrected chi connectivity index (χ3v) is 5.28. The van der Waals surface area contributed by atoms with Gasteiger partial charge in [-0.2, -0.15) is 16.9 Å². The summed E-state index contributed by atoms with van der Waals surface area (Å²) in [6.07, 6.45) is 2.97. The number of nitrogens with one attached hydrogen (secondary N) is 2. The minimum absolute atomic E-state index is 0.132. The van der Waals surface area contributed by atoms with E-state index in [2.05, 4.69) is 38.7 Å². The first-order chi connectivity index (χ1) is 10.7. The summed E-state index contributed by atoms with van der Waals surface area (Å²) in [4.78, 5) is 19.0. The van der Waals surface area contributed by atoms with Crippen LogP contribution in [0.15, 0.2) is 5.38 Å². The van der Waals surface area contributed by atoms with Crippen molar-refractivity contribution in [3.8, 4) is 0 Å². The standard InChI is InChI=1S/C14H19N5OS2/c1-19-4-3-11-10(6-19)13(18-17-11)14(20)15-5-9-7-22-12(16-9)8-21-2/h7H,3-6,8H2,1-2H3,(H,15,20)(H,17,18). The number of H-pyrrole nitrogens is 1. The molecule has 3 rings (SSSR count). The summed E-state index contributed by atoms with van der Waals surface area (Å²) in [5.74, 6) is 0.782. The van der Waals surface area contributed by atoms with E-state index in [1.54, 1.807) is 23.1 Å². The molecule has 0 unspecified atom stereocenters. The molecular formula is C14H19N5OS2. The highest BCUT2D eigenvalue weighted by molar-refractivity contribution is 7.97. The molecule has 0 saturated carbocycles. The Morgan fingerprint density at radius 3 is 3.27 bits per heavy atom. The van der Waals surface area contributed by atoms with Gasteiger partial charge in [0.15, 0.2) is 5.69 Å². The van der Waals surface area contributed by atoms with Crippen LogP contribution in [0.25, 0.3) is 0 Å². The van der Waals surface area contributed by atoms with Gasteiger partial charge >= 0.3 is 0 Å². The molecule has 8 heteroatoms. The van der Waals surface area contributed by atoms with E-state index in [0.717, 1.165) is 47.2 Å². The van der Waals surface area contributed by atoms with Gasteiger partial charge in [-0.15, -0.1) is 11.3 Å². The van der Waals surface area contributed by atoms with E-state index in [1.807, 2.05) is 5.38 Å². The average molecular weight is 337 g/mol. The number of thioether (sulfide) groups is 1. The minimum Gasteiger partial charge on any atom is -0.345 e. The van der Waals surface area contributed by atoms with Gasteiger partial charge in [-0.3, -0.25) is 9.89 Å². The Hall–Kier alpha value is -1.38. The molecule has 1 amide bonds. The third kappa shape index (κ3) is 3.34. The third-order valence-electron chi connectivity index (χ3n) is 3.64. The summed E-state index contributed by atoms with van der Waals surface area (Å²) >= 11 is 3.38. The van der Waals surface area contributed by atoms with E-state index in [9.17, 15) is 4.79 Å². The second-order valence-corrected chi connectivity index (χ2v) is 7.17. The fourth-order valence-corrected chi connectivity index (χ4v) is 4.01. The molecule has 0 fully saturated rings. The molecular weight excluding hydrogens is 318 g/mol. The van der Waals surface area contributed by atoms with Crippen LogP contribution in [0.2, 0.25) is 0 Å². The Balaban J connectivity index is 1.63. The first kappa shape index (κ1) is 15.5. The number of carbonyl (C=O) groups excluding carboxylic acids is 1. The molecule has 118 valence electrons. The summed E-state index contributed by atoms with van der Waals surface area (Å²) in [7, 11) is 2.06. The first-order valence-electron chi connectivity index (χ1n) is 7.12. The summed E-state index contributed by atoms with van der Waals surface area (Å²) in [6, 6.07) is 0. The van der Waals surface area contributed by atoms with Crippen LogP contribution in [0.3, 0.4) is 0 Å². The highest BCUT2D eigenvalue weighted by Gasteiger charge is 2.23. The van der Waals surface area contributed by atoms with Crippen molar-refractivity contribution >= 4 is 29.0 Å². The molecule has 0 aromatic carbocycles. The second-order valence-electron chi connectivity index (χ2n) is 5.37. The second kappa shape index (κ2) is 6.80. The van der Waals surface area contributed by atoms with Gasteiger partial charge in [-0.1, -0.05) is 0 Å². The van der Waals surface area contributed by atoms with Gasteiger partial charge in [-0.25, -0.2) is 4.98 Å². The number of nitrogens with zero attached hydrogens (tertiary/aromatic N) is 3. The minimum atomic E-state index is -0.132. The predicted molar refractivity (Wildman–Crippen MR) is 89.1 cm³/mol. The number of amides is 1. The van der Waals surface area contributed by atoms with Crippen LogP contribution in [-0.2, 0) is 25.3 Å². The maximum atomic E-state index is 12.3. The molecule has 2 N–H and O–H groups in total. The maximum Gasteiger partial charge on any atom is 0.272 e. The van der Waals surface area contributed by atoms with E-state index >= 15 is 0 Å². The molecule has 22 heavy (non-hydrogen) atoms. The first-order valence-corrected chi connectivity index (χ1v) is 9.39. The van der Waals surface area contributed by atoms with E-state index < -0.39 is 0 Å². The molecule has 1 aliphatic rings. The van der Waals surface area contributed by atoms with Crippen LogP contribution in [0.1, 0.15) is 32.4 Å². The molecule has 6 nitrogen and oxygen atoms in total. The summed E-state index contributed by atoms with van der Waals surface area (Å²) < 4.78 is 0. The Labute approximate surface area is 137 Å². The Kier molecular flexibility index (Phi) is 4.80. The summed E-state index contributed by atoms with van der Waals surface area (Å²) in [5.41, 5.74) is 3.52. The van der Waals surface area contributed by atoms with E-state index in [1.165, 1.54) is 0 Å². The van der Waals surface area contributed by atoms with Crippen molar-refractivity contribution in [1.29, 1.82) is 0 Å². The quantitative estimate of drug-likeness (QED) is 0.868. The molecule has 0 spiro atoms. The molecule has 3 heterocycles. The molecule has 2 aromatic heterocycles. The number of rotatable bonds is 5. The molecule has 0 saturated heterocycles. The molecule has 1 aliphatic heterocycles. The molecule has 2 aromatic rings. The SMILES string of the molecule is CSCc1nc(CNC(=O)c2n[nH]c3c2CN(C)CC3)cs1. The molecule has 0 bridgehead atoms. The summed E-state index contributed by atoms with van der Waals surface area (Å²) in [5, 5.41) is 13.2. The largest absolute Gasteiger partial charge is 0.345 e. The van der Waals surface area contributed by atoms with Gasteiger partial charge in [0, 0.05) is 41.9 Å². The zero-order valence-electron chi connectivity index (χ0n) is 12.7. The van der Waals surface area contributed by atoms with Crippen molar-refractivity contribution in [1.82, 2.24) is 25.4 Å². The number of hydrogen-bond donors (Lipinski definition) is 2. The van der Waals surface area contributed by atoms with Crippen molar-refractivity contribution < 1.29 is 4.79 Å². The normalized spacial score (nSPS) is 14.8. The zero-order chi connectivity index (χ0) is 15.5. The van der Waals surface area contributed by atoms with E-state index in [-0.39, 0.29) is 5.91 Å². The average Bonchev–Trinajstić information content (AvgIpc) is 3.11. The molecule has 0 atom stereocenters. The van der Waals surface area contributed by atoms with Gasteiger partial charge < -0.3 is 10.2 Å². The highest BCUT2D eigenvalue weighted by Crippen LogP contribution is 2.19.